The molecule has 0 radical (unpaired) electrons. The lowest BCUT2D eigenvalue weighted by molar-refractivity contribution is -0.137. The topological polar surface area (TPSA) is 199 Å². The van der Waals surface area contributed by atoms with Gasteiger partial charge in [0.1, 0.15) is 28.8 Å². The molecule has 6 N–H and O–H groups in total. The van der Waals surface area contributed by atoms with Crippen molar-refractivity contribution in [3.63, 3.8) is 0 Å². The van der Waals surface area contributed by atoms with Crippen molar-refractivity contribution < 1.29 is 33.9 Å². The van der Waals surface area contributed by atoms with Gasteiger partial charge in [0.2, 0.25) is 29.5 Å². The van der Waals surface area contributed by atoms with Crippen molar-refractivity contribution in [1.29, 1.82) is 0 Å². The van der Waals surface area contributed by atoms with Gasteiger partial charge in [0.05, 0.1) is 25.2 Å². The van der Waals surface area contributed by atoms with E-state index in [4.69, 9.17) is 0 Å². The van der Waals surface area contributed by atoms with E-state index in [1.807, 2.05) is 50.4 Å². The summed E-state index contributed by atoms with van der Waals surface area (Å²) < 4.78 is 0. The lowest BCUT2D eigenvalue weighted by Crippen LogP contribution is -2.58. The molecular weight excluding hydrogens is 683 g/mol. The second-order valence-electron chi connectivity index (χ2n) is 12.5. The fraction of sp³-hybridized carbons (Fsp3) is 0.559. The van der Waals surface area contributed by atoms with Crippen molar-refractivity contribution in [3.05, 3.63) is 52.0 Å². The van der Waals surface area contributed by atoms with E-state index in [2.05, 4.69) is 31.6 Å². The van der Waals surface area contributed by atoms with Crippen LogP contribution >= 0.6 is 23.1 Å². The van der Waals surface area contributed by atoms with E-state index in [-0.39, 0.29) is 44.0 Å². The minimum Gasteiger partial charge on any atom is -0.396 e. The Labute approximate surface area is 301 Å². The maximum Gasteiger partial charge on any atom is 0.271 e. The Morgan fingerprint density at radius 2 is 1.68 bits per heavy atom. The van der Waals surface area contributed by atoms with Gasteiger partial charge in [-0.3, -0.25) is 28.8 Å². The van der Waals surface area contributed by atoms with Crippen LogP contribution in [0, 0.1) is 5.92 Å². The van der Waals surface area contributed by atoms with Gasteiger partial charge in [-0.1, -0.05) is 51.1 Å². The first kappa shape index (κ1) is 40.4. The second kappa shape index (κ2) is 20.0. The van der Waals surface area contributed by atoms with E-state index >= 15 is 0 Å². The molecule has 0 spiro atoms. The molecule has 1 aromatic carbocycles. The summed E-state index contributed by atoms with van der Waals surface area (Å²) in [5, 5.41) is 25.6. The van der Waals surface area contributed by atoms with E-state index in [0.29, 0.717) is 17.2 Å². The third kappa shape index (κ3) is 12.1. The molecule has 5 atom stereocenters. The Kier molecular flexibility index (Phi) is 16.2. The average molecular weight is 732 g/mol. The van der Waals surface area contributed by atoms with Crippen molar-refractivity contribution in [1.82, 2.24) is 36.5 Å². The van der Waals surface area contributed by atoms with Crippen molar-refractivity contribution in [2.75, 3.05) is 31.7 Å². The zero-order valence-corrected chi connectivity index (χ0v) is 30.8. The smallest absolute Gasteiger partial charge is 0.271 e. The number of nitrogens with zero attached hydrogens (tertiary/aromatic N) is 2. The fourth-order valence-electron chi connectivity index (χ4n) is 5.34. The molecule has 50 heavy (non-hydrogen) atoms. The first-order chi connectivity index (χ1) is 23.9. The minimum absolute atomic E-state index is 0.0600. The van der Waals surface area contributed by atoms with Crippen LogP contribution in [0.15, 0.2) is 35.7 Å². The number of nitrogens with one attached hydrogen (secondary N) is 5. The highest BCUT2D eigenvalue weighted by Gasteiger charge is 2.31. The Morgan fingerprint density at radius 3 is 2.32 bits per heavy atom. The summed E-state index contributed by atoms with van der Waals surface area (Å²) in [6.07, 6.45) is 2.47. The standard InChI is InChI=1S/C34H49N7O7S2/c1-6-24-31(46)38-25(13-15-49-5)32(47)36-23(16-22-10-8-7-9-11-22)17-41(28(44)12-14-42)18-27(43)40-29(20(2)3)34-39-26(19-50-34)33(48)35-21(4)30(45)37-24/h7-11,19-21,23-25,29,42H,6,12-18H2,1-5H3,(H,35,48)(H,36,47)(H,37,45)(H,38,46)(H,40,43)/t21-,23+,24+,25+,29+/m1/s1. The van der Waals surface area contributed by atoms with Crippen LogP contribution in [0.3, 0.4) is 0 Å². The summed E-state index contributed by atoms with van der Waals surface area (Å²) in [5.74, 6) is -2.82. The molecule has 3 rings (SSSR count). The number of aliphatic hydroxyl groups excluding tert-OH is 1. The highest BCUT2D eigenvalue weighted by molar-refractivity contribution is 7.98. The van der Waals surface area contributed by atoms with Crippen LogP contribution in [-0.2, 0) is 30.4 Å². The largest absolute Gasteiger partial charge is 0.396 e. The zero-order valence-electron chi connectivity index (χ0n) is 29.2. The van der Waals surface area contributed by atoms with Crippen LogP contribution in [0.2, 0.25) is 0 Å². The Bertz CT molecular complexity index is 1470. The lowest BCUT2D eigenvalue weighted by atomic mass is 10.0. The molecule has 1 aromatic heterocycles. The summed E-state index contributed by atoms with van der Waals surface area (Å²) in [5.41, 5.74) is 0.933. The first-order valence-electron chi connectivity index (χ1n) is 16.7. The van der Waals surface area contributed by atoms with Gasteiger partial charge < -0.3 is 36.6 Å². The highest BCUT2D eigenvalue weighted by Crippen LogP contribution is 2.25. The van der Waals surface area contributed by atoms with E-state index in [9.17, 15) is 33.9 Å². The van der Waals surface area contributed by atoms with Crippen LogP contribution in [0.1, 0.15) is 74.1 Å². The number of thioether (sulfide) groups is 1. The van der Waals surface area contributed by atoms with Gasteiger partial charge >= 0.3 is 0 Å². The quantitative estimate of drug-likeness (QED) is 0.219. The highest BCUT2D eigenvalue weighted by atomic mass is 32.2. The summed E-state index contributed by atoms with van der Waals surface area (Å²) in [7, 11) is 0. The number of amides is 6. The normalized spacial score (nSPS) is 23.2. The number of hydrogen-bond acceptors (Lipinski definition) is 10. The van der Waals surface area contributed by atoms with E-state index in [0.717, 1.165) is 5.56 Å². The van der Waals surface area contributed by atoms with Crippen LogP contribution in [0.25, 0.3) is 0 Å². The Morgan fingerprint density at radius 1 is 1.00 bits per heavy atom. The monoisotopic (exact) mass is 731 g/mol. The number of benzene rings is 1. The van der Waals surface area contributed by atoms with Gasteiger partial charge in [-0.15, -0.1) is 11.3 Å². The van der Waals surface area contributed by atoms with Crippen molar-refractivity contribution in [2.24, 2.45) is 5.92 Å². The van der Waals surface area contributed by atoms with E-state index < -0.39 is 72.3 Å². The molecule has 2 heterocycles. The van der Waals surface area contributed by atoms with Crippen LogP contribution in [-0.4, -0.2) is 106 Å². The minimum atomic E-state index is -1.01. The predicted octanol–water partition coefficient (Wildman–Crippen LogP) is 1.16. The van der Waals surface area contributed by atoms with Crippen LogP contribution in [0.4, 0.5) is 0 Å². The molecule has 0 aliphatic carbocycles. The van der Waals surface area contributed by atoms with Crippen molar-refractivity contribution >= 4 is 58.5 Å². The van der Waals surface area contributed by atoms with Crippen LogP contribution in [0.5, 0.6) is 0 Å². The van der Waals surface area contributed by atoms with E-state index in [1.54, 1.807) is 6.92 Å². The number of aromatic nitrogens is 1. The molecule has 0 saturated carbocycles. The second-order valence-corrected chi connectivity index (χ2v) is 14.4. The average Bonchev–Trinajstić information content (AvgIpc) is 3.57. The van der Waals surface area contributed by atoms with Gasteiger partial charge in [0.15, 0.2) is 0 Å². The Balaban J connectivity index is 2.05. The van der Waals surface area contributed by atoms with Gasteiger partial charge in [0, 0.05) is 18.3 Å². The number of carbonyl (C=O) groups excluding carboxylic acids is 6. The summed E-state index contributed by atoms with van der Waals surface area (Å²) in [4.78, 5) is 86.1. The number of aliphatic hydroxyl groups is 1. The van der Waals surface area contributed by atoms with Gasteiger partial charge in [0.25, 0.3) is 5.91 Å². The van der Waals surface area contributed by atoms with Crippen molar-refractivity contribution in [3.8, 4) is 0 Å². The number of carbonyl (C=O) groups is 6. The maximum atomic E-state index is 13.9. The third-order valence-electron chi connectivity index (χ3n) is 8.15. The van der Waals surface area contributed by atoms with Gasteiger partial charge in [-0.05, 0) is 49.7 Å². The molecule has 14 nitrogen and oxygen atoms in total. The SMILES string of the molecule is CC[C@@H]1NC(=O)[C@@H](C)NC(=O)c2csc(n2)[C@H](C(C)C)NC(=O)CN(C(=O)CCO)C[C@H](Cc2ccccc2)NC(=O)[C@H](CCSC)NC1=O. The molecule has 6 amide bonds. The molecule has 16 heteroatoms. The number of hydrogen-bond donors (Lipinski definition) is 6. The maximum absolute atomic E-state index is 13.9. The number of fused-ring (bicyclic) bond motifs is 2. The molecule has 0 saturated heterocycles. The van der Waals surface area contributed by atoms with Gasteiger partial charge in [-0.25, -0.2) is 4.98 Å². The molecule has 2 bridgehead atoms. The summed E-state index contributed by atoms with van der Waals surface area (Å²) >= 11 is 2.67. The lowest BCUT2D eigenvalue weighted by Gasteiger charge is -2.30. The zero-order chi connectivity index (χ0) is 36.8. The van der Waals surface area contributed by atoms with Crippen molar-refractivity contribution in [2.45, 2.75) is 83.6 Å². The molecule has 0 unspecified atom stereocenters. The number of rotatable bonds is 9. The molecule has 2 aromatic rings. The summed E-state index contributed by atoms with van der Waals surface area (Å²) in [6.45, 7) is 6.12. The van der Waals surface area contributed by atoms with Crippen LogP contribution < -0.4 is 26.6 Å². The van der Waals surface area contributed by atoms with Gasteiger partial charge in [-0.2, -0.15) is 11.8 Å². The number of thiazole rings is 1. The Hall–Kier alpha value is -4.02. The molecule has 0 fully saturated rings. The van der Waals surface area contributed by atoms with E-state index in [1.165, 1.54) is 40.3 Å². The fourth-order valence-corrected chi connectivity index (χ4v) is 6.83. The molecule has 1 aliphatic heterocycles. The first-order valence-corrected chi connectivity index (χ1v) is 19.0. The third-order valence-corrected chi connectivity index (χ3v) is 9.73. The summed E-state index contributed by atoms with van der Waals surface area (Å²) in [6, 6.07) is 5.10. The predicted molar refractivity (Wildman–Crippen MR) is 192 cm³/mol. The molecular formula is C34H49N7O7S2. The molecule has 274 valence electrons. The molecule has 1 aliphatic rings.